The van der Waals surface area contributed by atoms with Gasteiger partial charge in [-0.05, 0) is 47.5 Å². The Morgan fingerprint density at radius 1 is 0.947 bits per heavy atom. The molecule has 0 radical (unpaired) electrons. The van der Waals surface area contributed by atoms with Crippen LogP contribution in [0.2, 0.25) is 0 Å². The van der Waals surface area contributed by atoms with E-state index in [-0.39, 0.29) is 17.4 Å². The molecule has 2 aromatic carbocycles. The lowest BCUT2D eigenvalue weighted by molar-refractivity contribution is 0.0958. The van der Waals surface area contributed by atoms with Gasteiger partial charge in [-0.3, -0.25) is 9.78 Å². The number of aromatic nitrogens is 4. The molecule has 2 N–H and O–H groups in total. The molecule has 0 aliphatic heterocycles. The summed E-state index contributed by atoms with van der Waals surface area (Å²) in [6.07, 6.45) is 2.80. The standard InChI is InChI=1S/C27H22F2N6O3/c1-30-26(36)22-14-18(7-9-31-22)38-17-4-5-23-20(13-17)33-27(35(23)2)34-21-11-16(10-19(28)25(21)37-3)15-6-8-32-24(29)12-15/h4-14H,1-3H3,(H,30,36)(H,33,34). The van der Waals surface area contributed by atoms with Crippen molar-refractivity contribution in [2.45, 2.75) is 0 Å². The van der Waals surface area contributed by atoms with Gasteiger partial charge in [-0.25, -0.2) is 14.4 Å². The van der Waals surface area contributed by atoms with Gasteiger partial charge in [0.2, 0.25) is 11.9 Å². The normalized spacial score (nSPS) is 10.9. The summed E-state index contributed by atoms with van der Waals surface area (Å²) in [5.41, 5.74) is 2.84. The number of aryl methyl sites for hydroxylation is 1. The zero-order valence-electron chi connectivity index (χ0n) is 20.6. The topological polar surface area (TPSA) is 103 Å². The first-order valence-corrected chi connectivity index (χ1v) is 11.4. The van der Waals surface area contributed by atoms with Crippen molar-refractivity contribution in [2.24, 2.45) is 7.05 Å². The summed E-state index contributed by atoms with van der Waals surface area (Å²) in [5, 5.41) is 5.65. The van der Waals surface area contributed by atoms with Crippen LogP contribution < -0.4 is 20.1 Å². The van der Waals surface area contributed by atoms with Gasteiger partial charge in [0.25, 0.3) is 5.91 Å². The summed E-state index contributed by atoms with van der Waals surface area (Å²) in [6.45, 7) is 0. The number of benzene rings is 2. The van der Waals surface area contributed by atoms with Gasteiger partial charge >= 0.3 is 0 Å². The maximum atomic E-state index is 14.9. The molecule has 0 spiro atoms. The number of carbonyl (C=O) groups excluding carboxylic acids is 1. The molecule has 11 heteroatoms. The van der Waals surface area contributed by atoms with Crippen molar-refractivity contribution in [1.29, 1.82) is 0 Å². The van der Waals surface area contributed by atoms with Crippen LogP contribution in [0.5, 0.6) is 17.2 Å². The van der Waals surface area contributed by atoms with Gasteiger partial charge in [0.15, 0.2) is 11.6 Å². The lowest BCUT2D eigenvalue weighted by atomic mass is 10.1. The second-order valence-corrected chi connectivity index (χ2v) is 8.23. The number of fused-ring (bicyclic) bond motifs is 1. The molecular formula is C27H22F2N6O3. The number of hydrogen-bond donors (Lipinski definition) is 2. The molecule has 0 fully saturated rings. The predicted octanol–water partition coefficient (Wildman–Crippen LogP) is 5.21. The Balaban J connectivity index is 1.47. The summed E-state index contributed by atoms with van der Waals surface area (Å²) in [7, 11) is 4.70. The number of nitrogens with one attached hydrogen (secondary N) is 2. The van der Waals surface area contributed by atoms with Crippen molar-refractivity contribution in [3.8, 4) is 28.4 Å². The number of halogens is 2. The molecule has 1 amide bonds. The van der Waals surface area contributed by atoms with E-state index in [0.717, 1.165) is 5.52 Å². The third kappa shape index (κ3) is 4.81. The molecule has 0 atom stereocenters. The first-order chi connectivity index (χ1) is 18.4. The number of carbonyl (C=O) groups is 1. The van der Waals surface area contributed by atoms with E-state index in [2.05, 4.69) is 25.6 Å². The van der Waals surface area contributed by atoms with E-state index in [1.54, 1.807) is 34.9 Å². The largest absolute Gasteiger partial charge is 0.492 e. The summed E-state index contributed by atoms with van der Waals surface area (Å²) in [6, 6.07) is 14.3. The number of hydrogen-bond acceptors (Lipinski definition) is 7. The fourth-order valence-electron chi connectivity index (χ4n) is 3.98. The fourth-order valence-corrected chi connectivity index (χ4v) is 3.98. The van der Waals surface area contributed by atoms with Gasteiger partial charge in [-0.2, -0.15) is 4.39 Å². The number of amides is 1. The van der Waals surface area contributed by atoms with Crippen LogP contribution in [0.4, 0.5) is 20.4 Å². The van der Waals surface area contributed by atoms with Gasteiger partial charge < -0.3 is 24.7 Å². The van der Waals surface area contributed by atoms with Crippen molar-refractivity contribution in [1.82, 2.24) is 24.8 Å². The predicted molar refractivity (Wildman–Crippen MR) is 138 cm³/mol. The lowest BCUT2D eigenvalue weighted by Crippen LogP contribution is -2.18. The molecule has 192 valence electrons. The molecule has 0 unspecified atom stereocenters. The average Bonchev–Trinajstić information content (AvgIpc) is 3.22. The molecule has 0 aliphatic carbocycles. The van der Waals surface area contributed by atoms with Crippen molar-refractivity contribution in [3.63, 3.8) is 0 Å². The number of ether oxygens (including phenoxy) is 2. The number of imidazole rings is 1. The van der Waals surface area contributed by atoms with Crippen molar-refractivity contribution < 1.29 is 23.0 Å². The van der Waals surface area contributed by atoms with Gasteiger partial charge in [0, 0.05) is 44.7 Å². The Labute approximate surface area is 216 Å². The second-order valence-electron chi connectivity index (χ2n) is 8.23. The van der Waals surface area contributed by atoms with E-state index < -0.39 is 11.8 Å². The zero-order chi connectivity index (χ0) is 26.8. The second kappa shape index (κ2) is 10.1. The molecule has 0 bridgehead atoms. The van der Waals surface area contributed by atoms with E-state index in [1.165, 1.54) is 44.8 Å². The summed E-state index contributed by atoms with van der Waals surface area (Å²) in [4.78, 5) is 24.1. The number of rotatable bonds is 7. The number of nitrogens with zero attached hydrogens (tertiary/aromatic N) is 4. The van der Waals surface area contributed by atoms with Crippen molar-refractivity contribution >= 4 is 28.6 Å². The average molecular weight is 517 g/mol. The highest BCUT2D eigenvalue weighted by Crippen LogP contribution is 2.36. The maximum Gasteiger partial charge on any atom is 0.269 e. The summed E-state index contributed by atoms with van der Waals surface area (Å²) < 4.78 is 41.6. The smallest absolute Gasteiger partial charge is 0.269 e. The number of pyridine rings is 2. The van der Waals surface area contributed by atoms with E-state index in [4.69, 9.17) is 9.47 Å². The van der Waals surface area contributed by atoms with Crippen molar-refractivity contribution in [2.75, 3.05) is 19.5 Å². The van der Waals surface area contributed by atoms with Crippen LogP contribution in [0.25, 0.3) is 22.2 Å². The minimum Gasteiger partial charge on any atom is -0.492 e. The summed E-state index contributed by atoms with van der Waals surface area (Å²) in [5.74, 6) is -0.261. The van der Waals surface area contributed by atoms with Gasteiger partial charge in [0.1, 0.15) is 17.2 Å². The van der Waals surface area contributed by atoms with Crippen LogP contribution in [0.3, 0.4) is 0 Å². The van der Waals surface area contributed by atoms with E-state index in [9.17, 15) is 13.6 Å². The van der Waals surface area contributed by atoms with Crippen LogP contribution in [-0.2, 0) is 7.05 Å². The molecule has 5 rings (SSSR count). The highest BCUT2D eigenvalue weighted by atomic mass is 19.1. The molecule has 3 heterocycles. The van der Waals surface area contributed by atoms with E-state index >= 15 is 0 Å². The van der Waals surface area contributed by atoms with Crippen LogP contribution in [0.1, 0.15) is 10.5 Å². The van der Waals surface area contributed by atoms with Crippen LogP contribution in [-0.4, -0.2) is 39.6 Å². The Morgan fingerprint density at radius 3 is 2.50 bits per heavy atom. The minimum atomic E-state index is -0.668. The van der Waals surface area contributed by atoms with E-state index in [1.807, 2.05) is 13.1 Å². The van der Waals surface area contributed by atoms with Gasteiger partial charge in [0.05, 0.1) is 23.8 Å². The fraction of sp³-hybridized carbons (Fsp3) is 0.111. The summed E-state index contributed by atoms with van der Waals surface area (Å²) >= 11 is 0. The third-order valence-corrected chi connectivity index (χ3v) is 5.83. The highest BCUT2D eigenvalue weighted by Gasteiger charge is 2.17. The molecule has 0 aliphatic rings. The Bertz CT molecular complexity index is 1670. The molecule has 0 saturated carbocycles. The Morgan fingerprint density at radius 2 is 1.74 bits per heavy atom. The number of anilines is 2. The molecule has 0 saturated heterocycles. The minimum absolute atomic E-state index is 0.0102. The maximum absolute atomic E-state index is 14.9. The zero-order valence-corrected chi connectivity index (χ0v) is 20.6. The third-order valence-electron chi connectivity index (χ3n) is 5.83. The monoisotopic (exact) mass is 516 g/mol. The van der Waals surface area contributed by atoms with Gasteiger partial charge in [-0.15, -0.1) is 0 Å². The van der Waals surface area contributed by atoms with Crippen LogP contribution in [0.15, 0.2) is 67.0 Å². The van der Waals surface area contributed by atoms with Crippen LogP contribution in [0, 0.1) is 11.8 Å². The quantitative estimate of drug-likeness (QED) is 0.286. The first kappa shape index (κ1) is 24.6. The Hall–Kier alpha value is -5.06. The molecule has 3 aromatic heterocycles. The first-order valence-electron chi connectivity index (χ1n) is 11.4. The molecule has 5 aromatic rings. The van der Waals surface area contributed by atoms with E-state index in [0.29, 0.717) is 39.8 Å². The SMILES string of the molecule is CNC(=O)c1cc(Oc2ccc3c(c2)nc(Nc2cc(-c4ccnc(F)c4)cc(F)c2OC)n3C)ccn1. The highest BCUT2D eigenvalue weighted by molar-refractivity contribution is 5.92. The molecule has 9 nitrogen and oxygen atoms in total. The van der Waals surface area contributed by atoms with Crippen molar-refractivity contribution in [3.05, 3.63) is 84.4 Å². The Kier molecular flexibility index (Phi) is 6.56. The van der Waals surface area contributed by atoms with Crippen LogP contribution >= 0.6 is 0 Å². The molecule has 38 heavy (non-hydrogen) atoms. The lowest BCUT2D eigenvalue weighted by Gasteiger charge is -2.14. The number of methoxy groups -OCH3 is 1. The van der Waals surface area contributed by atoms with Gasteiger partial charge in [-0.1, -0.05) is 0 Å². The molecular weight excluding hydrogens is 494 g/mol.